The van der Waals surface area contributed by atoms with Crippen LogP contribution in [0.1, 0.15) is 24.6 Å². The Kier molecular flexibility index (Phi) is 2.84. The van der Waals surface area contributed by atoms with Gasteiger partial charge in [0.05, 0.1) is 4.34 Å². The molecule has 1 aliphatic carbocycles. The van der Waals surface area contributed by atoms with Crippen molar-refractivity contribution in [3.8, 4) is 0 Å². The molecule has 1 saturated carbocycles. The Labute approximate surface area is 93.4 Å². The quantitative estimate of drug-likeness (QED) is 0.617. The minimum atomic E-state index is 0.386. The Morgan fingerprint density at radius 3 is 2.79 bits per heavy atom. The van der Waals surface area contributed by atoms with Gasteiger partial charge in [-0.25, -0.2) is 0 Å². The molecule has 1 aromatic rings. The summed E-state index contributed by atoms with van der Waals surface area (Å²) in [7, 11) is 0. The van der Waals surface area contributed by atoms with Gasteiger partial charge in [0, 0.05) is 10.9 Å². The van der Waals surface area contributed by atoms with E-state index < -0.39 is 0 Å². The van der Waals surface area contributed by atoms with Gasteiger partial charge in [-0.15, -0.1) is 11.3 Å². The molecule has 2 rings (SSSR count). The third-order valence-corrected chi connectivity index (χ3v) is 4.37. The highest BCUT2D eigenvalue weighted by Crippen LogP contribution is 2.49. The molecule has 0 aliphatic heterocycles. The highest BCUT2D eigenvalue weighted by atomic mass is 35.5. The number of rotatable bonds is 4. The molecule has 1 atom stereocenters. The molecule has 1 aliphatic rings. The van der Waals surface area contributed by atoms with Crippen molar-refractivity contribution in [1.29, 1.82) is 0 Å². The molecule has 2 nitrogen and oxygen atoms in total. The predicted octanol–water partition coefficient (Wildman–Crippen LogP) is 2.58. The number of hydrogen-bond acceptors (Lipinski definition) is 3. The van der Waals surface area contributed by atoms with Crippen LogP contribution in [0.5, 0.6) is 0 Å². The van der Waals surface area contributed by atoms with Crippen LogP contribution in [-0.4, -0.2) is 6.04 Å². The minimum absolute atomic E-state index is 0.386. The molecular formula is C10H15ClN2S. The Morgan fingerprint density at radius 2 is 2.36 bits per heavy atom. The molecule has 1 unspecified atom stereocenters. The Bertz CT molecular complexity index is 320. The summed E-state index contributed by atoms with van der Waals surface area (Å²) in [4.78, 5) is 1.31. The third kappa shape index (κ3) is 2.11. The van der Waals surface area contributed by atoms with Crippen LogP contribution in [0.4, 0.5) is 0 Å². The first-order chi connectivity index (χ1) is 6.64. The highest BCUT2D eigenvalue weighted by molar-refractivity contribution is 7.16. The summed E-state index contributed by atoms with van der Waals surface area (Å²) < 4.78 is 0.858. The van der Waals surface area contributed by atoms with Crippen molar-refractivity contribution >= 4 is 22.9 Å². The van der Waals surface area contributed by atoms with E-state index in [2.05, 4.69) is 18.4 Å². The van der Waals surface area contributed by atoms with Crippen LogP contribution in [0.25, 0.3) is 0 Å². The smallest absolute Gasteiger partial charge is 0.0931 e. The zero-order chi connectivity index (χ0) is 10.2. The minimum Gasteiger partial charge on any atom is -0.271 e. The third-order valence-electron chi connectivity index (χ3n) is 3.12. The fourth-order valence-corrected chi connectivity index (χ4v) is 2.85. The standard InChI is InChI=1S/C10H15ClN2S/c1-10(4-5-10)8(13-12)6-7-2-3-9(11)14-7/h2-3,8,13H,4-6,12H2,1H3. The molecule has 1 aromatic heterocycles. The lowest BCUT2D eigenvalue weighted by molar-refractivity contribution is 0.361. The number of halogens is 1. The SMILES string of the molecule is CC1(C(Cc2ccc(Cl)s2)NN)CC1. The van der Waals surface area contributed by atoms with Gasteiger partial charge in [-0.2, -0.15) is 0 Å². The molecule has 1 fully saturated rings. The summed E-state index contributed by atoms with van der Waals surface area (Å²) in [6, 6.07) is 4.42. The Morgan fingerprint density at radius 1 is 1.64 bits per heavy atom. The summed E-state index contributed by atoms with van der Waals surface area (Å²) in [6.07, 6.45) is 3.55. The van der Waals surface area contributed by atoms with Crippen LogP contribution in [0.3, 0.4) is 0 Å². The second kappa shape index (κ2) is 3.81. The van der Waals surface area contributed by atoms with Gasteiger partial charge in [-0.1, -0.05) is 18.5 Å². The molecule has 0 amide bonds. The molecule has 0 radical (unpaired) electrons. The van der Waals surface area contributed by atoms with Gasteiger partial charge in [0.1, 0.15) is 0 Å². The van der Waals surface area contributed by atoms with Gasteiger partial charge >= 0.3 is 0 Å². The average molecular weight is 231 g/mol. The van der Waals surface area contributed by atoms with Crippen molar-refractivity contribution in [1.82, 2.24) is 5.43 Å². The number of hydrogen-bond donors (Lipinski definition) is 2. The summed E-state index contributed by atoms with van der Waals surface area (Å²) in [5, 5.41) is 0. The molecule has 4 heteroatoms. The molecule has 1 heterocycles. The van der Waals surface area contributed by atoms with Gasteiger partial charge in [0.2, 0.25) is 0 Å². The van der Waals surface area contributed by atoms with Crippen LogP contribution in [-0.2, 0) is 6.42 Å². The lowest BCUT2D eigenvalue weighted by Gasteiger charge is -2.21. The van der Waals surface area contributed by atoms with E-state index in [9.17, 15) is 0 Å². The summed E-state index contributed by atoms with van der Waals surface area (Å²) >= 11 is 7.53. The lowest BCUT2D eigenvalue weighted by atomic mass is 9.96. The molecular weight excluding hydrogens is 216 g/mol. The van der Waals surface area contributed by atoms with Crippen molar-refractivity contribution in [2.75, 3.05) is 0 Å². The van der Waals surface area contributed by atoms with E-state index in [0.717, 1.165) is 10.8 Å². The largest absolute Gasteiger partial charge is 0.271 e. The number of hydrazine groups is 1. The topological polar surface area (TPSA) is 38.0 Å². The number of nitrogens with one attached hydrogen (secondary N) is 1. The number of thiophene rings is 1. The van der Waals surface area contributed by atoms with Crippen molar-refractivity contribution < 1.29 is 0 Å². The molecule has 0 spiro atoms. The Balaban J connectivity index is 2.01. The summed E-state index contributed by atoms with van der Waals surface area (Å²) in [6.45, 7) is 2.28. The van der Waals surface area contributed by atoms with E-state index in [1.807, 2.05) is 6.07 Å². The van der Waals surface area contributed by atoms with Crippen LogP contribution in [0.15, 0.2) is 12.1 Å². The summed E-state index contributed by atoms with van der Waals surface area (Å²) in [5.41, 5.74) is 3.33. The molecule has 14 heavy (non-hydrogen) atoms. The lowest BCUT2D eigenvalue weighted by Crippen LogP contribution is -2.42. The molecule has 0 bridgehead atoms. The van der Waals surface area contributed by atoms with Crippen LogP contribution < -0.4 is 11.3 Å². The fourth-order valence-electron chi connectivity index (χ4n) is 1.71. The first-order valence-electron chi connectivity index (χ1n) is 4.84. The number of nitrogens with two attached hydrogens (primary N) is 1. The van der Waals surface area contributed by atoms with Crippen LogP contribution >= 0.6 is 22.9 Å². The zero-order valence-corrected chi connectivity index (χ0v) is 9.79. The van der Waals surface area contributed by atoms with Gasteiger partial charge in [0.25, 0.3) is 0 Å². The van der Waals surface area contributed by atoms with Gasteiger partial charge < -0.3 is 0 Å². The highest BCUT2D eigenvalue weighted by Gasteiger charge is 2.44. The molecule has 0 saturated heterocycles. The second-order valence-corrected chi connectivity index (χ2v) is 6.08. The molecule has 3 N–H and O–H groups in total. The molecule has 78 valence electrons. The van der Waals surface area contributed by atoms with E-state index in [0.29, 0.717) is 11.5 Å². The van der Waals surface area contributed by atoms with E-state index in [1.165, 1.54) is 17.7 Å². The maximum atomic E-state index is 5.88. The maximum absolute atomic E-state index is 5.88. The van der Waals surface area contributed by atoms with Crippen LogP contribution in [0, 0.1) is 5.41 Å². The van der Waals surface area contributed by atoms with E-state index >= 15 is 0 Å². The monoisotopic (exact) mass is 230 g/mol. The average Bonchev–Trinajstić information content (AvgIpc) is 2.76. The van der Waals surface area contributed by atoms with Crippen molar-refractivity contribution in [3.05, 3.63) is 21.3 Å². The van der Waals surface area contributed by atoms with Crippen molar-refractivity contribution in [2.45, 2.75) is 32.2 Å². The van der Waals surface area contributed by atoms with Crippen molar-refractivity contribution in [3.63, 3.8) is 0 Å². The van der Waals surface area contributed by atoms with Crippen molar-refractivity contribution in [2.24, 2.45) is 11.3 Å². The first kappa shape index (κ1) is 10.4. The zero-order valence-electron chi connectivity index (χ0n) is 8.22. The maximum Gasteiger partial charge on any atom is 0.0931 e. The molecule has 0 aromatic carbocycles. The van der Waals surface area contributed by atoms with E-state index in [-0.39, 0.29) is 0 Å². The Hall–Kier alpha value is -0.0900. The second-order valence-electron chi connectivity index (χ2n) is 4.28. The van der Waals surface area contributed by atoms with E-state index in [1.54, 1.807) is 11.3 Å². The summed E-state index contributed by atoms with van der Waals surface area (Å²) in [5.74, 6) is 5.58. The van der Waals surface area contributed by atoms with Gasteiger partial charge in [0.15, 0.2) is 0 Å². The predicted molar refractivity (Wildman–Crippen MR) is 61.5 cm³/mol. The van der Waals surface area contributed by atoms with Gasteiger partial charge in [-0.05, 0) is 36.8 Å². The first-order valence-corrected chi connectivity index (χ1v) is 6.04. The normalized spacial score (nSPS) is 20.8. The van der Waals surface area contributed by atoms with Crippen LogP contribution in [0.2, 0.25) is 4.34 Å². The van der Waals surface area contributed by atoms with Gasteiger partial charge in [-0.3, -0.25) is 11.3 Å². The van der Waals surface area contributed by atoms with E-state index in [4.69, 9.17) is 17.4 Å². The fraction of sp³-hybridized carbons (Fsp3) is 0.600.